The first-order valence-electron chi connectivity index (χ1n) is 6.41. The number of hydrogen-bond donors (Lipinski definition) is 0. The minimum absolute atomic E-state index is 0.375. The van der Waals surface area contributed by atoms with Gasteiger partial charge < -0.3 is 0 Å². The molecule has 0 amide bonds. The topological polar surface area (TPSA) is 0 Å². The lowest BCUT2D eigenvalue weighted by atomic mass is 10.1. The van der Waals surface area contributed by atoms with Gasteiger partial charge in [-0.25, -0.2) is 0 Å². The molecule has 86 valence electrons. The van der Waals surface area contributed by atoms with Crippen LogP contribution in [-0.2, 0) is 0 Å². The molecule has 0 aromatic heterocycles. The summed E-state index contributed by atoms with van der Waals surface area (Å²) in [6, 6.07) is 0. The highest BCUT2D eigenvalue weighted by molar-refractivity contribution is 6.20. The smallest absolute Gasteiger partial charge is 0.0307 e. The van der Waals surface area contributed by atoms with Gasteiger partial charge in [0, 0.05) is 5.38 Å². The van der Waals surface area contributed by atoms with Crippen LogP contribution in [-0.4, -0.2) is 5.38 Å². The fourth-order valence-corrected chi connectivity index (χ4v) is 1.89. The van der Waals surface area contributed by atoms with E-state index in [0.29, 0.717) is 5.38 Å². The Hall–Kier alpha value is 0.290. The molecule has 0 N–H and O–H groups in total. The Morgan fingerprint density at radius 2 is 1.21 bits per heavy atom. The van der Waals surface area contributed by atoms with E-state index in [1.54, 1.807) is 0 Å². The van der Waals surface area contributed by atoms with Crippen LogP contribution in [0.25, 0.3) is 0 Å². The van der Waals surface area contributed by atoms with Crippen LogP contribution >= 0.6 is 11.6 Å². The third kappa shape index (κ3) is 12.3. The van der Waals surface area contributed by atoms with Gasteiger partial charge >= 0.3 is 0 Å². The third-order valence-corrected chi connectivity index (χ3v) is 2.92. The zero-order valence-corrected chi connectivity index (χ0v) is 10.8. The average molecular weight is 219 g/mol. The first-order valence-corrected chi connectivity index (χ1v) is 6.85. The number of rotatable bonds is 10. The van der Waals surface area contributed by atoms with E-state index in [1.165, 1.54) is 64.2 Å². The molecule has 0 rings (SSSR count). The van der Waals surface area contributed by atoms with Gasteiger partial charge in [0.25, 0.3) is 0 Å². The van der Waals surface area contributed by atoms with Crippen LogP contribution in [0.1, 0.15) is 78.1 Å². The highest BCUT2D eigenvalue weighted by Crippen LogP contribution is 2.12. The number of alkyl halides is 1. The predicted octanol–water partition coefficient (Wildman–Crippen LogP) is 5.53. The van der Waals surface area contributed by atoms with Crippen molar-refractivity contribution < 1.29 is 0 Å². The van der Waals surface area contributed by atoms with Gasteiger partial charge in [0.2, 0.25) is 0 Å². The Kier molecular flexibility index (Phi) is 11.6. The lowest BCUT2D eigenvalue weighted by Crippen LogP contribution is -1.90. The van der Waals surface area contributed by atoms with Crippen molar-refractivity contribution in [2.45, 2.75) is 83.4 Å². The molecule has 0 radical (unpaired) electrons. The lowest BCUT2D eigenvalue weighted by Gasteiger charge is -2.03. The van der Waals surface area contributed by atoms with Crippen molar-refractivity contribution in [1.82, 2.24) is 0 Å². The van der Waals surface area contributed by atoms with Crippen LogP contribution in [0.4, 0.5) is 0 Å². The van der Waals surface area contributed by atoms with Crippen molar-refractivity contribution in [3.05, 3.63) is 0 Å². The molecule has 0 saturated carbocycles. The maximum atomic E-state index is 5.88. The molecule has 0 aliphatic rings. The van der Waals surface area contributed by atoms with E-state index in [2.05, 4.69) is 13.8 Å². The van der Waals surface area contributed by atoms with Crippen LogP contribution in [0, 0.1) is 0 Å². The normalized spacial score (nSPS) is 13.1. The van der Waals surface area contributed by atoms with Crippen molar-refractivity contribution >= 4 is 11.6 Å². The van der Waals surface area contributed by atoms with Gasteiger partial charge in [-0.15, -0.1) is 11.6 Å². The molecule has 1 atom stereocenters. The first-order chi connectivity index (χ1) is 6.77. The van der Waals surface area contributed by atoms with Gasteiger partial charge in [0.1, 0.15) is 0 Å². The Labute approximate surface area is 95.4 Å². The minimum atomic E-state index is 0.375. The lowest BCUT2D eigenvalue weighted by molar-refractivity contribution is 0.555. The summed E-state index contributed by atoms with van der Waals surface area (Å²) in [6.07, 6.45) is 13.8. The molecule has 0 aromatic rings. The molecule has 0 aromatic carbocycles. The maximum absolute atomic E-state index is 5.88. The molecule has 1 heteroatoms. The maximum Gasteiger partial charge on any atom is 0.0307 e. The molecule has 0 unspecified atom stereocenters. The second kappa shape index (κ2) is 11.4. The average Bonchev–Trinajstić information content (AvgIpc) is 2.15. The highest BCUT2D eigenvalue weighted by Gasteiger charge is 1.96. The summed E-state index contributed by atoms with van der Waals surface area (Å²) < 4.78 is 0. The van der Waals surface area contributed by atoms with Crippen LogP contribution < -0.4 is 0 Å². The predicted molar refractivity (Wildman–Crippen MR) is 67.2 cm³/mol. The summed E-state index contributed by atoms with van der Waals surface area (Å²) in [6.45, 7) is 4.36. The van der Waals surface area contributed by atoms with E-state index in [0.717, 1.165) is 0 Å². The van der Waals surface area contributed by atoms with Crippen LogP contribution in [0.5, 0.6) is 0 Å². The van der Waals surface area contributed by atoms with Gasteiger partial charge in [-0.1, -0.05) is 64.7 Å². The summed E-state index contributed by atoms with van der Waals surface area (Å²) in [5.41, 5.74) is 0. The Morgan fingerprint density at radius 1 is 0.786 bits per heavy atom. The molecule has 0 saturated heterocycles. The van der Waals surface area contributed by atoms with Crippen molar-refractivity contribution in [3.8, 4) is 0 Å². The molecule has 0 spiro atoms. The monoisotopic (exact) mass is 218 g/mol. The molecule has 0 aliphatic carbocycles. The fraction of sp³-hybridized carbons (Fsp3) is 1.00. The Balaban J connectivity index is 2.85. The first kappa shape index (κ1) is 14.3. The van der Waals surface area contributed by atoms with E-state index in [9.17, 15) is 0 Å². The molecular weight excluding hydrogens is 192 g/mol. The Bertz CT molecular complexity index is 99.4. The molecule has 0 heterocycles. The van der Waals surface area contributed by atoms with E-state index >= 15 is 0 Å². The standard InChI is InChI=1S/C13H27Cl/c1-3-4-5-6-7-8-9-10-11-12-13(2)14/h13H,3-12H2,1-2H3/t13-/m1/s1. The van der Waals surface area contributed by atoms with Gasteiger partial charge in [-0.05, 0) is 13.3 Å². The third-order valence-electron chi connectivity index (χ3n) is 2.71. The fourth-order valence-electron chi connectivity index (χ4n) is 1.74. The van der Waals surface area contributed by atoms with Crippen molar-refractivity contribution in [2.75, 3.05) is 0 Å². The van der Waals surface area contributed by atoms with E-state index < -0.39 is 0 Å². The van der Waals surface area contributed by atoms with Gasteiger partial charge in [-0.2, -0.15) is 0 Å². The van der Waals surface area contributed by atoms with E-state index in [-0.39, 0.29) is 0 Å². The number of unbranched alkanes of at least 4 members (excludes halogenated alkanes) is 8. The van der Waals surface area contributed by atoms with Gasteiger partial charge in [0.05, 0.1) is 0 Å². The summed E-state index contributed by atoms with van der Waals surface area (Å²) in [7, 11) is 0. The van der Waals surface area contributed by atoms with Gasteiger partial charge in [0.15, 0.2) is 0 Å². The molecule has 14 heavy (non-hydrogen) atoms. The zero-order chi connectivity index (χ0) is 10.6. The number of hydrogen-bond acceptors (Lipinski definition) is 0. The summed E-state index contributed by atoms with van der Waals surface area (Å²) >= 11 is 5.88. The molecular formula is C13H27Cl. The van der Waals surface area contributed by atoms with Crippen molar-refractivity contribution in [2.24, 2.45) is 0 Å². The summed E-state index contributed by atoms with van der Waals surface area (Å²) in [5, 5.41) is 0.375. The summed E-state index contributed by atoms with van der Waals surface area (Å²) in [4.78, 5) is 0. The highest BCUT2D eigenvalue weighted by atomic mass is 35.5. The molecule has 0 aliphatic heterocycles. The van der Waals surface area contributed by atoms with Crippen LogP contribution in [0.2, 0.25) is 0 Å². The molecule has 0 fully saturated rings. The second-order valence-corrected chi connectivity index (χ2v) is 5.14. The van der Waals surface area contributed by atoms with Crippen LogP contribution in [0.15, 0.2) is 0 Å². The second-order valence-electron chi connectivity index (χ2n) is 4.40. The van der Waals surface area contributed by atoms with E-state index in [4.69, 9.17) is 11.6 Å². The molecule has 0 nitrogen and oxygen atoms in total. The summed E-state index contributed by atoms with van der Waals surface area (Å²) in [5.74, 6) is 0. The van der Waals surface area contributed by atoms with Crippen molar-refractivity contribution in [1.29, 1.82) is 0 Å². The van der Waals surface area contributed by atoms with Crippen LogP contribution in [0.3, 0.4) is 0 Å². The van der Waals surface area contributed by atoms with E-state index in [1.807, 2.05) is 0 Å². The number of halogens is 1. The van der Waals surface area contributed by atoms with Gasteiger partial charge in [-0.3, -0.25) is 0 Å². The largest absolute Gasteiger partial charge is 0.123 e. The Morgan fingerprint density at radius 3 is 1.64 bits per heavy atom. The quantitative estimate of drug-likeness (QED) is 0.334. The van der Waals surface area contributed by atoms with Crippen molar-refractivity contribution in [3.63, 3.8) is 0 Å². The SMILES string of the molecule is CCCCCCCCCCC[C@@H](C)Cl. The zero-order valence-electron chi connectivity index (χ0n) is 10.0. The molecule has 0 bridgehead atoms. The minimum Gasteiger partial charge on any atom is -0.123 e.